The van der Waals surface area contributed by atoms with Crippen LogP contribution in [-0.4, -0.2) is 38.6 Å². The lowest BCUT2D eigenvalue weighted by Crippen LogP contribution is -2.27. The molecule has 2 fully saturated rings. The third-order valence-electron chi connectivity index (χ3n) is 6.67. The summed E-state index contributed by atoms with van der Waals surface area (Å²) in [5, 5.41) is 11.6. The maximum absolute atomic E-state index is 13.0. The Morgan fingerprint density at radius 3 is 2.44 bits per heavy atom. The van der Waals surface area contributed by atoms with Crippen molar-refractivity contribution in [2.45, 2.75) is 33.2 Å². The first-order valence-corrected chi connectivity index (χ1v) is 12.7. The van der Waals surface area contributed by atoms with Crippen LogP contribution >= 0.6 is 11.8 Å². The van der Waals surface area contributed by atoms with Gasteiger partial charge >= 0.3 is 0 Å². The van der Waals surface area contributed by atoms with E-state index in [-0.39, 0.29) is 28.3 Å². The van der Waals surface area contributed by atoms with Crippen LogP contribution in [0.5, 0.6) is 0 Å². The highest BCUT2D eigenvalue weighted by Crippen LogP contribution is 2.36. The summed E-state index contributed by atoms with van der Waals surface area (Å²) in [6.07, 6.45) is 3.81. The molecule has 2 aromatic carbocycles. The van der Waals surface area contributed by atoms with Crippen molar-refractivity contribution in [1.29, 1.82) is 0 Å². The van der Waals surface area contributed by atoms with E-state index in [2.05, 4.69) is 4.90 Å². The maximum Gasteiger partial charge on any atom is 0.294 e. The van der Waals surface area contributed by atoms with E-state index in [1.165, 1.54) is 4.90 Å². The molecule has 0 spiro atoms. The van der Waals surface area contributed by atoms with Crippen LogP contribution in [-0.2, 0) is 11.3 Å². The number of benzene rings is 2. The van der Waals surface area contributed by atoms with Gasteiger partial charge in [-0.25, -0.2) is 0 Å². The Morgan fingerprint density at radius 1 is 1.03 bits per heavy atom. The van der Waals surface area contributed by atoms with Gasteiger partial charge in [-0.1, -0.05) is 30.3 Å². The zero-order valence-electron chi connectivity index (χ0n) is 20.1. The zero-order chi connectivity index (χ0) is 25.4. The minimum Gasteiger partial charge on any atom is -0.366 e. The molecule has 1 aromatic heterocycles. The van der Waals surface area contributed by atoms with E-state index in [4.69, 9.17) is 0 Å². The second-order valence-corrected chi connectivity index (χ2v) is 10.0. The fraction of sp³-hybridized carbons (Fsp3) is 0.259. The van der Waals surface area contributed by atoms with E-state index in [0.29, 0.717) is 16.3 Å². The van der Waals surface area contributed by atoms with Crippen LogP contribution in [0.3, 0.4) is 0 Å². The predicted octanol–water partition coefficient (Wildman–Crippen LogP) is 5.84. The lowest BCUT2D eigenvalue weighted by atomic mass is 10.2. The summed E-state index contributed by atoms with van der Waals surface area (Å²) in [5.74, 6) is -0.315. The van der Waals surface area contributed by atoms with Gasteiger partial charge in [-0.05, 0) is 73.9 Å². The van der Waals surface area contributed by atoms with Crippen molar-refractivity contribution >= 4 is 40.4 Å². The molecule has 3 aromatic rings. The standard InChI is InChI=1S/C27H26N4O4S/c1-18-14-21(15-25-26(32)29(27(33)36-25)17-20-8-4-3-5-9-20)19(2)30(18)22-10-11-23(24(16-22)31(34)35)28-12-6-7-13-28/h3-5,8-11,14-16H,6-7,12-13,17H2,1-2H3/b25-15-. The van der Waals surface area contributed by atoms with Crippen molar-refractivity contribution in [3.63, 3.8) is 0 Å². The van der Waals surface area contributed by atoms with Gasteiger partial charge in [-0.2, -0.15) is 0 Å². The number of rotatable bonds is 6. The van der Waals surface area contributed by atoms with Crippen LogP contribution in [0, 0.1) is 24.0 Å². The Balaban J connectivity index is 1.45. The van der Waals surface area contributed by atoms with Crippen molar-refractivity contribution in [2.24, 2.45) is 0 Å². The maximum atomic E-state index is 13.0. The molecule has 0 radical (unpaired) electrons. The first kappa shape index (κ1) is 23.9. The third-order valence-corrected chi connectivity index (χ3v) is 7.58. The van der Waals surface area contributed by atoms with Gasteiger partial charge in [0, 0.05) is 30.5 Å². The average molecular weight is 503 g/mol. The minimum absolute atomic E-state index is 0.0884. The number of thioether (sulfide) groups is 1. The second-order valence-electron chi connectivity index (χ2n) is 9.04. The van der Waals surface area contributed by atoms with Gasteiger partial charge in [0.25, 0.3) is 16.8 Å². The highest BCUT2D eigenvalue weighted by molar-refractivity contribution is 8.18. The second kappa shape index (κ2) is 9.66. The van der Waals surface area contributed by atoms with Crippen LogP contribution in [0.25, 0.3) is 11.8 Å². The van der Waals surface area contributed by atoms with Crippen LogP contribution in [0.4, 0.5) is 16.2 Å². The summed E-state index contributed by atoms with van der Waals surface area (Å²) in [4.78, 5) is 40.8. The Morgan fingerprint density at radius 2 is 1.75 bits per heavy atom. The van der Waals surface area contributed by atoms with Crippen molar-refractivity contribution in [3.8, 4) is 5.69 Å². The number of amides is 2. The van der Waals surface area contributed by atoms with Gasteiger partial charge in [-0.3, -0.25) is 24.6 Å². The number of hydrogen-bond acceptors (Lipinski definition) is 6. The van der Waals surface area contributed by atoms with Gasteiger partial charge in [0.1, 0.15) is 5.69 Å². The summed E-state index contributed by atoms with van der Waals surface area (Å²) >= 11 is 0.932. The number of anilines is 1. The van der Waals surface area contributed by atoms with Crippen LogP contribution in [0.1, 0.15) is 35.4 Å². The van der Waals surface area contributed by atoms with Gasteiger partial charge < -0.3 is 9.47 Å². The first-order chi connectivity index (χ1) is 17.3. The fourth-order valence-electron chi connectivity index (χ4n) is 4.90. The van der Waals surface area contributed by atoms with Crippen LogP contribution in [0.2, 0.25) is 0 Å². The van der Waals surface area contributed by atoms with Gasteiger partial charge in [0.05, 0.1) is 22.1 Å². The number of hydrogen-bond donors (Lipinski definition) is 0. The zero-order valence-corrected chi connectivity index (χ0v) is 21.0. The molecule has 0 saturated carbocycles. The normalized spacial score (nSPS) is 17.0. The molecule has 0 atom stereocenters. The summed E-state index contributed by atoms with van der Waals surface area (Å²) in [5.41, 5.74) is 4.83. The van der Waals surface area contributed by atoms with E-state index in [0.717, 1.165) is 60.2 Å². The molecule has 0 unspecified atom stereocenters. The quantitative estimate of drug-likeness (QED) is 0.239. The van der Waals surface area contributed by atoms with Crippen molar-refractivity contribution in [1.82, 2.24) is 9.47 Å². The smallest absolute Gasteiger partial charge is 0.294 e. The molecule has 184 valence electrons. The number of carbonyl (C=O) groups is 2. The Hall–Kier alpha value is -3.85. The summed E-state index contributed by atoms with van der Waals surface area (Å²) in [6, 6.07) is 16.7. The number of aryl methyl sites for hydroxylation is 1. The molecule has 2 amide bonds. The SMILES string of the molecule is Cc1cc(/C=C2\SC(=O)N(Cc3ccccc3)C2=O)c(C)n1-c1ccc(N2CCCC2)c([N+](=O)[O-])c1. The lowest BCUT2D eigenvalue weighted by Gasteiger charge is -2.19. The Labute approximate surface area is 213 Å². The van der Waals surface area contributed by atoms with Crippen molar-refractivity contribution in [2.75, 3.05) is 18.0 Å². The molecule has 36 heavy (non-hydrogen) atoms. The van der Waals surface area contributed by atoms with E-state index in [1.54, 1.807) is 12.1 Å². The summed E-state index contributed by atoms with van der Waals surface area (Å²) in [7, 11) is 0. The molecule has 2 aliphatic heterocycles. The topological polar surface area (TPSA) is 88.7 Å². The molecular weight excluding hydrogens is 476 g/mol. The van der Waals surface area contributed by atoms with Gasteiger partial charge in [-0.15, -0.1) is 0 Å². The number of nitro benzene ring substituents is 1. The molecule has 0 aliphatic carbocycles. The molecular formula is C27H26N4O4S. The van der Waals surface area contributed by atoms with Gasteiger partial charge in [0.15, 0.2) is 0 Å². The molecule has 2 aliphatic rings. The monoisotopic (exact) mass is 502 g/mol. The first-order valence-electron chi connectivity index (χ1n) is 11.9. The molecule has 0 bridgehead atoms. The largest absolute Gasteiger partial charge is 0.366 e. The lowest BCUT2D eigenvalue weighted by molar-refractivity contribution is -0.384. The summed E-state index contributed by atoms with van der Waals surface area (Å²) in [6.45, 7) is 5.71. The van der Waals surface area contributed by atoms with Crippen LogP contribution < -0.4 is 4.90 Å². The summed E-state index contributed by atoms with van der Waals surface area (Å²) < 4.78 is 1.95. The molecule has 8 nitrogen and oxygen atoms in total. The number of carbonyl (C=O) groups excluding carboxylic acids is 2. The fourth-order valence-corrected chi connectivity index (χ4v) is 5.73. The van der Waals surface area contributed by atoms with E-state index >= 15 is 0 Å². The minimum atomic E-state index is -0.324. The number of nitro groups is 1. The van der Waals surface area contributed by atoms with E-state index < -0.39 is 0 Å². The number of aromatic nitrogens is 1. The van der Waals surface area contributed by atoms with Crippen molar-refractivity contribution < 1.29 is 14.5 Å². The Kier molecular flexibility index (Phi) is 6.40. The highest BCUT2D eigenvalue weighted by atomic mass is 32.2. The van der Waals surface area contributed by atoms with E-state index in [1.807, 2.05) is 66.9 Å². The average Bonchev–Trinajstić information content (AvgIpc) is 3.56. The van der Waals surface area contributed by atoms with Gasteiger partial charge in [0.2, 0.25) is 0 Å². The molecule has 5 rings (SSSR count). The van der Waals surface area contributed by atoms with E-state index in [9.17, 15) is 19.7 Å². The third kappa shape index (κ3) is 4.42. The molecule has 9 heteroatoms. The number of nitrogens with zero attached hydrogens (tertiary/aromatic N) is 4. The van der Waals surface area contributed by atoms with Crippen LogP contribution in [0.15, 0.2) is 59.5 Å². The predicted molar refractivity (Wildman–Crippen MR) is 141 cm³/mol. The molecule has 3 heterocycles. The molecule has 0 N–H and O–H groups in total. The highest BCUT2D eigenvalue weighted by Gasteiger charge is 2.35. The Bertz CT molecular complexity index is 1390. The van der Waals surface area contributed by atoms with Crippen molar-refractivity contribution in [3.05, 3.63) is 92.1 Å². The number of imide groups is 1. The molecule has 2 saturated heterocycles.